The maximum Gasteiger partial charge on any atom is 0.246 e. The van der Waals surface area contributed by atoms with E-state index in [1.54, 1.807) is 11.3 Å². The number of pyridine rings is 1. The average Bonchev–Trinajstić information content (AvgIpc) is 3.27. The van der Waals surface area contributed by atoms with Gasteiger partial charge in [0.1, 0.15) is 11.6 Å². The van der Waals surface area contributed by atoms with Crippen molar-refractivity contribution in [1.82, 2.24) is 24.7 Å². The van der Waals surface area contributed by atoms with Gasteiger partial charge < -0.3 is 15.5 Å². The van der Waals surface area contributed by atoms with Crippen molar-refractivity contribution in [3.63, 3.8) is 0 Å². The molecule has 4 rings (SSSR count). The molecular weight excluding hydrogens is 460 g/mol. The topological polar surface area (TPSA) is 100 Å². The summed E-state index contributed by atoms with van der Waals surface area (Å²) in [6, 6.07) is 6.60. The number of carbonyl (C=O) groups is 1. The highest BCUT2D eigenvalue weighted by Gasteiger charge is 2.23. The number of nitrogens with one attached hydrogen (secondary N) is 2. The Morgan fingerprint density at radius 2 is 2.03 bits per heavy atom. The molecule has 35 heavy (non-hydrogen) atoms. The zero-order valence-corrected chi connectivity index (χ0v) is 21.2. The number of aromatic nitrogens is 2. The third-order valence-corrected chi connectivity index (χ3v) is 7.24. The number of carbonyl (C=O) groups excluding carboxylic acids is 1. The molecule has 2 aromatic rings. The monoisotopic (exact) mass is 494 g/mol. The largest absolute Gasteiger partial charge is 0.365 e. The molecule has 2 aliphatic heterocycles. The lowest BCUT2D eigenvalue weighted by Gasteiger charge is -2.34. The van der Waals surface area contributed by atoms with Gasteiger partial charge in [0.2, 0.25) is 5.91 Å². The van der Waals surface area contributed by atoms with Crippen molar-refractivity contribution in [2.75, 3.05) is 56.4 Å². The van der Waals surface area contributed by atoms with Gasteiger partial charge >= 0.3 is 0 Å². The molecule has 0 bridgehead atoms. The number of rotatable bonds is 9. The molecule has 1 unspecified atom stereocenters. The lowest BCUT2D eigenvalue weighted by Crippen LogP contribution is -2.46. The van der Waals surface area contributed by atoms with Crippen molar-refractivity contribution in [3.05, 3.63) is 41.4 Å². The molecule has 0 saturated carbocycles. The van der Waals surface area contributed by atoms with Crippen LogP contribution in [0.1, 0.15) is 29.7 Å². The molecule has 0 aromatic carbocycles. The van der Waals surface area contributed by atoms with Crippen LogP contribution in [-0.4, -0.2) is 82.4 Å². The Morgan fingerprint density at radius 3 is 2.74 bits per heavy atom. The summed E-state index contributed by atoms with van der Waals surface area (Å²) >= 11 is 1.60. The van der Waals surface area contributed by atoms with Crippen LogP contribution in [0, 0.1) is 18.3 Å². The zero-order valence-electron chi connectivity index (χ0n) is 20.4. The summed E-state index contributed by atoms with van der Waals surface area (Å²) < 4.78 is 0. The Bertz CT molecular complexity index is 1060. The summed E-state index contributed by atoms with van der Waals surface area (Å²) in [5.74, 6) is 1.55. The minimum Gasteiger partial charge on any atom is -0.365 e. The standard InChI is InChI=1S/C25H34N8OS/c1-3-24(34)33-9-4-6-21(18-33)28-22-14-20(15-23(29-22)30-25-27-16-19(2)35-25)17-32-12-10-31(11-13-32)8-5-7-26/h3,14-16,21H,1,4-6,8-13,17-18H2,2H3,(H2,27,28,29,30). The fraction of sp³-hybridized carbons (Fsp3) is 0.520. The molecule has 0 spiro atoms. The van der Waals surface area contributed by atoms with E-state index in [2.05, 4.69) is 50.2 Å². The fourth-order valence-corrected chi connectivity index (χ4v) is 5.28. The maximum atomic E-state index is 12.1. The van der Waals surface area contributed by atoms with Crippen LogP contribution in [0.5, 0.6) is 0 Å². The molecule has 186 valence electrons. The van der Waals surface area contributed by atoms with Gasteiger partial charge in [-0.2, -0.15) is 5.26 Å². The number of piperazine rings is 1. The number of nitriles is 1. The Labute approximate surface area is 211 Å². The van der Waals surface area contributed by atoms with E-state index in [0.29, 0.717) is 13.0 Å². The number of hydrogen-bond acceptors (Lipinski definition) is 9. The summed E-state index contributed by atoms with van der Waals surface area (Å²) in [6.45, 7) is 12.7. The van der Waals surface area contributed by atoms with E-state index in [-0.39, 0.29) is 11.9 Å². The summed E-state index contributed by atoms with van der Waals surface area (Å²) in [5, 5.41) is 16.6. The number of amides is 1. The molecule has 2 N–H and O–H groups in total. The quantitative estimate of drug-likeness (QED) is 0.513. The van der Waals surface area contributed by atoms with Crippen molar-refractivity contribution in [2.24, 2.45) is 0 Å². The second-order valence-electron chi connectivity index (χ2n) is 9.14. The molecule has 2 saturated heterocycles. The third-order valence-electron chi connectivity index (χ3n) is 6.41. The van der Waals surface area contributed by atoms with Gasteiger partial charge in [0.25, 0.3) is 0 Å². The van der Waals surface area contributed by atoms with E-state index in [1.807, 2.05) is 18.0 Å². The lowest BCUT2D eigenvalue weighted by atomic mass is 10.1. The van der Waals surface area contributed by atoms with Crippen LogP contribution >= 0.6 is 11.3 Å². The fourth-order valence-electron chi connectivity index (χ4n) is 4.61. The normalized spacial score (nSPS) is 19.2. The van der Waals surface area contributed by atoms with Crippen molar-refractivity contribution in [3.8, 4) is 6.07 Å². The highest BCUT2D eigenvalue weighted by Crippen LogP contribution is 2.25. The summed E-state index contributed by atoms with van der Waals surface area (Å²) in [6.07, 6.45) is 5.78. The van der Waals surface area contributed by atoms with Crippen LogP contribution in [0.3, 0.4) is 0 Å². The van der Waals surface area contributed by atoms with E-state index in [0.717, 1.165) is 80.3 Å². The van der Waals surface area contributed by atoms with Gasteiger partial charge in [0, 0.05) is 75.9 Å². The molecule has 9 nitrogen and oxygen atoms in total. The van der Waals surface area contributed by atoms with Gasteiger partial charge in [-0.1, -0.05) is 6.58 Å². The van der Waals surface area contributed by atoms with E-state index in [4.69, 9.17) is 10.2 Å². The lowest BCUT2D eigenvalue weighted by molar-refractivity contribution is -0.127. The van der Waals surface area contributed by atoms with Crippen molar-refractivity contribution >= 4 is 34.0 Å². The van der Waals surface area contributed by atoms with Gasteiger partial charge in [-0.15, -0.1) is 11.3 Å². The van der Waals surface area contributed by atoms with Crippen molar-refractivity contribution in [2.45, 2.75) is 38.8 Å². The first-order chi connectivity index (χ1) is 17.0. The van der Waals surface area contributed by atoms with Gasteiger partial charge in [0.15, 0.2) is 5.13 Å². The molecule has 1 amide bonds. The minimum absolute atomic E-state index is 0.0198. The van der Waals surface area contributed by atoms with E-state index < -0.39 is 0 Å². The summed E-state index contributed by atoms with van der Waals surface area (Å²) in [5.41, 5.74) is 1.18. The minimum atomic E-state index is -0.0198. The second kappa shape index (κ2) is 12.1. The summed E-state index contributed by atoms with van der Waals surface area (Å²) in [7, 11) is 0. The highest BCUT2D eigenvalue weighted by molar-refractivity contribution is 7.15. The SMILES string of the molecule is C=CC(=O)N1CCCC(Nc2cc(CN3CCN(CCC#N)CC3)cc(Nc3ncc(C)s3)n2)C1. The van der Waals surface area contributed by atoms with Crippen LogP contribution in [0.25, 0.3) is 0 Å². The first-order valence-electron chi connectivity index (χ1n) is 12.2. The van der Waals surface area contributed by atoms with E-state index in [9.17, 15) is 4.79 Å². The molecule has 0 aliphatic carbocycles. The van der Waals surface area contributed by atoms with Crippen molar-refractivity contribution < 1.29 is 4.79 Å². The van der Waals surface area contributed by atoms with Gasteiger partial charge in [-0.25, -0.2) is 9.97 Å². The van der Waals surface area contributed by atoms with Crippen LogP contribution < -0.4 is 10.6 Å². The molecule has 4 heterocycles. The molecule has 1 atom stereocenters. The number of nitrogens with zero attached hydrogens (tertiary/aromatic N) is 6. The van der Waals surface area contributed by atoms with Gasteiger partial charge in [-0.05, 0) is 43.5 Å². The smallest absolute Gasteiger partial charge is 0.246 e. The predicted molar refractivity (Wildman–Crippen MR) is 140 cm³/mol. The molecule has 2 aromatic heterocycles. The second-order valence-corrected chi connectivity index (χ2v) is 10.4. The van der Waals surface area contributed by atoms with Gasteiger partial charge in [-0.3, -0.25) is 14.6 Å². The Morgan fingerprint density at radius 1 is 1.26 bits per heavy atom. The number of likely N-dealkylation sites (tertiary alicyclic amines) is 1. The zero-order chi connectivity index (χ0) is 24.6. The van der Waals surface area contributed by atoms with Gasteiger partial charge in [0.05, 0.1) is 6.07 Å². The molecule has 2 fully saturated rings. The number of piperidine rings is 1. The number of hydrogen-bond donors (Lipinski definition) is 2. The molecular formula is C25H34N8OS. The Hall–Kier alpha value is -3.00. The first kappa shape index (κ1) is 25.1. The van der Waals surface area contributed by atoms with E-state index in [1.165, 1.54) is 11.6 Å². The Kier molecular flexibility index (Phi) is 8.69. The molecule has 0 radical (unpaired) electrons. The third kappa shape index (κ3) is 7.24. The molecule has 2 aliphatic rings. The highest BCUT2D eigenvalue weighted by atomic mass is 32.1. The number of anilines is 3. The van der Waals surface area contributed by atoms with Crippen molar-refractivity contribution in [1.29, 1.82) is 5.26 Å². The summed E-state index contributed by atoms with van der Waals surface area (Å²) in [4.78, 5) is 29.2. The van der Waals surface area contributed by atoms with E-state index >= 15 is 0 Å². The maximum absolute atomic E-state index is 12.1. The van der Waals surface area contributed by atoms with Crippen LogP contribution in [-0.2, 0) is 11.3 Å². The predicted octanol–water partition coefficient (Wildman–Crippen LogP) is 3.21. The molecule has 10 heteroatoms. The first-order valence-corrected chi connectivity index (χ1v) is 13.0. The van der Waals surface area contributed by atoms with Crippen LogP contribution in [0.15, 0.2) is 31.0 Å². The average molecular weight is 495 g/mol. The van der Waals surface area contributed by atoms with Crippen LogP contribution in [0.2, 0.25) is 0 Å². The van der Waals surface area contributed by atoms with Crippen LogP contribution in [0.4, 0.5) is 16.8 Å². The number of aryl methyl sites for hydroxylation is 1. The number of thiazole rings is 1. The Balaban J connectivity index is 1.46.